The Hall–Kier alpha value is -2.72. The lowest BCUT2D eigenvalue weighted by Gasteiger charge is -2.52. The average Bonchev–Trinajstić information content (AvgIpc) is 2.79. The fourth-order valence-electron chi connectivity index (χ4n) is 5.45. The number of aromatic nitrogens is 1. The SMILES string of the molecule is O=C(c1nccc2ccccc12)N1CC[C@](O)(c2ccccc2)[C@H]2CCCC[C@H]21. The monoisotopic (exact) mass is 386 g/mol. The van der Waals surface area contributed by atoms with E-state index in [4.69, 9.17) is 0 Å². The zero-order valence-corrected chi connectivity index (χ0v) is 16.5. The van der Waals surface area contributed by atoms with E-state index in [1.165, 1.54) is 0 Å². The van der Waals surface area contributed by atoms with E-state index >= 15 is 0 Å². The van der Waals surface area contributed by atoms with Crippen molar-refractivity contribution in [2.45, 2.75) is 43.7 Å². The van der Waals surface area contributed by atoms with Crippen LogP contribution in [0.25, 0.3) is 10.8 Å². The zero-order chi connectivity index (χ0) is 19.8. The molecule has 2 aliphatic rings. The molecule has 1 N–H and O–H groups in total. The molecule has 1 saturated carbocycles. The molecule has 1 aliphatic heterocycles. The fraction of sp³-hybridized carbons (Fsp3) is 0.360. The molecule has 1 amide bonds. The van der Waals surface area contributed by atoms with Crippen LogP contribution < -0.4 is 0 Å². The maximum atomic E-state index is 13.6. The van der Waals surface area contributed by atoms with E-state index < -0.39 is 5.60 Å². The van der Waals surface area contributed by atoms with Crippen molar-refractivity contribution < 1.29 is 9.90 Å². The molecule has 29 heavy (non-hydrogen) atoms. The van der Waals surface area contributed by atoms with E-state index in [0.717, 1.165) is 42.0 Å². The highest BCUT2D eigenvalue weighted by Crippen LogP contribution is 2.47. The molecule has 1 aliphatic carbocycles. The molecule has 3 aromatic rings. The highest BCUT2D eigenvalue weighted by Gasteiger charge is 2.50. The Morgan fingerprint density at radius 3 is 2.62 bits per heavy atom. The van der Waals surface area contributed by atoms with Gasteiger partial charge in [-0.2, -0.15) is 0 Å². The maximum Gasteiger partial charge on any atom is 0.273 e. The second-order valence-electron chi connectivity index (χ2n) is 8.38. The smallest absolute Gasteiger partial charge is 0.273 e. The van der Waals surface area contributed by atoms with Crippen LogP contribution in [0.15, 0.2) is 66.9 Å². The first kappa shape index (κ1) is 18.3. The molecule has 0 radical (unpaired) electrons. The van der Waals surface area contributed by atoms with E-state index in [-0.39, 0.29) is 17.9 Å². The van der Waals surface area contributed by atoms with Gasteiger partial charge in [-0.15, -0.1) is 0 Å². The van der Waals surface area contributed by atoms with E-state index in [9.17, 15) is 9.90 Å². The van der Waals surface area contributed by atoms with Gasteiger partial charge in [-0.3, -0.25) is 9.78 Å². The predicted octanol–water partition coefficient (Wildman–Crippen LogP) is 4.53. The van der Waals surface area contributed by atoms with E-state index in [1.54, 1.807) is 6.20 Å². The van der Waals surface area contributed by atoms with E-state index in [1.807, 2.05) is 65.6 Å². The normalized spacial score (nSPS) is 26.9. The Balaban J connectivity index is 1.52. The number of benzene rings is 2. The van der Waals surface area contributed by atoms with Crippen molar-refractivity contribution in [2.75, 3.05) is 6.54 Å². The number of carbonyl (C=O) groups is 1. The molecule has 0 unspecified atom stereocenters. The van der Waals surface area contributed by atoms with Crippen LogP contribution in [0.4, 0.5) is 0 Å². The molecular weight excluding hydrogens is 360 g/mol. The minimum Gasteiger partial charge on any atom is -0.385 e. The number of pyridine rings is 1. The minimum atomic E-state index is -0.866. The topological polar surface area (TPSA) is 53.4 Å². The second-order valence-corrected chi connectivity index (χ2v) is 8.38. The van der Waals surface area contributed by atoms with Gasteiger partial charge >= 0.3 is 0 Å². The van der Waals surface area contributed by atoms with Crippen LogP contribution >= 0.6 is 0 Å². The van der Waals surface area contributed by atoms with Gasteiger partial charge < -0.3 is 10.0 Å². The molecular formula is C25H26N2O2. The number of carbonyl (C=O) groups excluding carboxylic acids is 1. The van der Waals surface area contributed by atoms with Crippen LogP contribution in [0.3, 0.4) is 0 Å². The lowest BCUT2D eigenvalue weighted by molar-refractivity contribution is -0.110. The van der Waals surface area contributed by atoms with Crippen LogP contribution in [-0.4, -0.2) is 33.5 Å². The molecule has 148 valence electrons. The van der Waals surface area contributed by atoms with Gasteiger partial charge in [-0.05, 0) is 36.3 Å². The second kappa shape index (κ2) is 7.27. The van der Waals surface area contributed by atoms with E-state index in [0.29, 0.717) is 18.7 Å². The van der Waals surface area contributed by atoms with Gasteiger partial charge in [0, 0.05) is 30.1 Å². The lowest BCUT2D eigenvalue weighted by Crippen LogP contribution is -2.59. The predicted molar refractivity (Wildman–Crippen MR) is 113 cm³/mol. The Labute approximate surface area is 171 Å². The maximum absolute atomic E-state index is 13.6. The molecule has 4 heteroatoms. The Morgan fingerprint density at radius 1 is 1.00 bits per heavy atom. The molecule has 1 saturated heterocycles. The summed E-state index contributed by atoms with van der Waals surface area (Å²) in [6.07, 6.45) is 6.37. The highest BCUT2D eigenvalue weighted by atomic mass is 16.3. The van der Waals surface area contributed by atoms with Gasteiger partial charge in [0.25, 0.3) is 5.91 Å². The van der Waals surface area contributed by atoms with E-state index in [2.05, 4.69) is 4.98 Å². The third-order valence-electron chi connectivity index (χ3n) is 6.89. The van der Waals surface area contributed by atoms with Crippen LogP contribution in [-0.2, 0) is 5.60 Å². The summed E-state index contributed by atoms with van der Waals surface area (Å²) in [5, 5.41) is 13.7. The molecule has 1 aromatic heterocycles. The summed E-state index contributed by atoms with van der Waals surface area (Å²) in [5.74, 6) is 0.0557. The number of hydrogen-bond acceptors (Lipinski definition) is 3. The summed E-state index contributed by atoms with van der Waals surface area (Å²) < 4.78 is 0. The number of aliphatic hydroxyl groups is 1. The number of piperidine rings is 1. The van der Waals surface area contributed by atoms with Crippen LogP contribution in [0.5, 0.6) is 0 Å². The summed E-state index contributed by atoms with van der Waals surface area (Å²) in [6.45, 7) is 0.552. The van der Waals surface area contributed by atoms with Crippen LogP contribution in [0, 0.1) is 5.92 Å². The summed E-state index contributed by atoms with van der Waals surface area (Å²) in [6, 6.07) is 19.9. The number of hydrogen-bond donors (Lipinski definition) is 1. The number of nitrogens with zero attached hydrogens (tertiary/aromatic N) is 2. The van der Waals surface area contributed by atoms with Gasteiger partial charge in [0.15, 0.2) is 0 Å². The summed E-state index contributed by atoms with van der Waals surface area (Å²) in [7, 11) is 0. The van der Waals surface area contributed by atoms with Crippen molar-refractivity contribution in [1.82, 2.24) is 9.88 Å². The van der Waals surface area contributed by atoms with Crippen molar-refractivity contribution in [2.24, 2.45) is 5.92 Å². The molecule has 0 spiro atoms. The number of amides is 1. The van der Waals surface area contributed by atoms with Gasteiger partial charge in [-0.1, -0.05) is 67.4 Å². The van der Waals surface area contributed by atoms with Gasteiger partial charge in [-0.25, -0.2) is 0 Å². The summed E-state index contributed by atoms with van der Waals surface area (Å²) >= 11 is 0. The minimum absolute atomic E-state index is 0.00573. The summed E-state index contributed by atoms with van der Waals surface area (Å²) in [4.78, 5) is 20.1. The molecule has 3 atom stereocenters. The van der Waals surface area contributed by atoms with Crippen molar-refractivity contribution in [3.8, 4) is 0 Å². The van der Waals surface area contributed by atoms with Gasteiger partial charge in [0.1, 0.15) is 5.69 Å². The molecule has 4 nitrogen and oxygen atoms in total. The molecule has 2 fully saturated rings. The largest absolute Gasteiger partial charge is 0.385 e. The molecule has 2 aromatic carbocycles. The van der Waals surface area contributed by atoms with Gasteiger partial charge in [0.2, 0.25) is 0 Å². The lowest BCUT2D eigenvalue weighted by atomic mass is 9.66. The first-order valence-electron chi connectivity index (χ1n) is 10.6. The molecule has 2 heterocycles. The van der Waals surface area contributed by atoms with Crippen molar-refractivity contribution in [3.05, 3.63) is 78.1 Å². The number of likely N-dealkylation sites (tertiary alicyclic amines) is 1. The van der Waals surface area contributed by atoms with Crippen LogP contribution in [0.1, 0.15) is 48.2 Å². The van der Waals surface area contributed by atoms with Crippen molar-refractivity contribution in [3.63, 3.8) is 0 Å². The fourth-order valence-corrected chi connectivity index (χ4v) is 5.45. The van der Waals surface area contributed by atoms with Crippen molar-refractivity contribution >= 4 is 16.7 Å². The average molecular weight is 386 g/mol. The number of fused-ring (bicyclic) bond motifs is 2. The molecule has 0 bridgehead atoms. The third-order valence-corrected chi connectivity index (χ3v) is 6.89. The van der Waals surface area contributed by atoms with Crippen molar-refractivity contribution in [1.29, 1.82) is 0 Å². The third kappa shape index (κ3) is 3.03. The first-order chi connectivity index (χ1) is 14.2. The Morgan fingerprint density at radius 2 is 1.76 bits per heavy atom. The highest BCUT2D eigenvalue weighted by molar-refractivity contribution is 6.05. The molecule has 5 rings (SSSR count). The summed E-state index contributed by atoms with van der Waals surface area (Å²) in [5.41, 5.74) is 0.639. The number of rotatable bonds is 2. The van der Waals surface area contributed by atoms with Gasteiger partial charge in [0.05, 0.1) is 5.60 Å². The standard InChI is InChI=1S/C25H26N2O2/c28-24(23-20-11-5-4-8-18(20)14-16-26-23)27-17-15-25(29,19-9-2-1-3-10-19)21-12-6-7-13-22(21)27/h1-5,8-11,14,16,21-22,29H,6-7,12-13,15,17H2/t21-,22+,25-/m0/s1. The first-order valence-corrected chi connectivity index (χ1v) is 10.6. The van der Waals surface area contributed by atoms with Crippen LogP contribution in [0.2, 0.25) is 0 Å². The quantitative estimate of drug-likeness (QED) is 0.704. The Bertz CT molecular complexity index is 1030. The zero-order valence-electron chi connectivity index (χ0n) is 16.5. The Kier molecular flexibility index (Phi) is 4.59.